The molecule has 3 N–H and O–H groups in total. The van der Waals surface area contributed by atoms with E-state index < -0.39 is 48.2 Å². The fourth-order valence-corrected chi connectivity index (χ4v) is 3.95. The van der Waals surface area contributed by atoms with Gasteiger partial charge in [0.2, 0.25) is 5.88 Å². The quantitative estimate of drug-likeness (QED) is 0.401. The Hall–Kier alpha value is -3.27. The lowest BCUT2D eigenvalue weighted by Gasteiger charge is -2.22. The molecule has 0 aliphatic carbocycles. The number of amides is 2. The Morgan fingerprint density at radius 2 is 1.45 bits per heavy atom. The third-order valence-corrected chi connectivity index (χ3v) is 5.99. The van der Waals surface area contributed by atoms with Crippen molar-refractivity contribution in [2.24, 2.45) is 0 Å². The largest absolute Gasteiger partial charge is 0.494 e. The van der Waals surface area contributed by atoms with E-state index in [2.05, 4.69) is 5.32 Å². The van der Waals surface area contributed by atoms with Crippen LogP contribution in [-0.2, 0) is 32.2 Å². The lowest BCUT2D eigenvalue weighted by molar-refractivity contribution is -0.139. The molecule has 11 heteroatoms. The number of carbonyl (C=O) groups is 3. The Morgan fingerprint density at radius 1 is 0.939 bits per heavy atom. The maximum absolute atomic E-state index is 13.4. The molecule has 0 saturated carbocycles. The number of ether oxygens (including phenoxy) is 1. The monoisotopic (exact) mass is 491 g/mol. The van der Waals surface area contributed by atoms with Gasteiger partial charge in [-0.2, -0.15) is 0 Å². The molecule has 2 heterocycles. The summed E-state index contributed by atoms with van der Waals surface area (Å²) in [6, 6.07) is 13.8. The van der Waals surface area contributed by atoms with Crippen molar-refractivity contribution in [1.82, 2.24) is 15.1 Å². The van der Waals surface area contributed by atoms with Crippen molar-refractivity contribution < 1.29 is 29.3 Å². The van der Waals surface area contributed by atoms with Gasteiger partial charge < -0.3 is 30.1 Å². The average molecular weight is 492 g/mol. The predicted molar refractivity (Wildman–Crippen MR) is 118 cm³/mol. The van der Waals surface area contributed by atoms with E-state index in [0.717, 1.165) is 0 Å². The molecule has 0 bridgehead atoms. The van der Waals surface area contributed by atoms with Crippen LogP contribution in [0.15, 0.2) is 60.0 Å². The maximum Gasteiger partial charge on any atom is 0.322 e. The molecule has 0 aromatic heterocycles. The van der Waals surface area contributed by atoms with Gasteiger partial charge in [0, 0.05) is 16.6 Å². The van der Waals surface area contributed by atoms with Gasteiger partial charge in [0.05, 0.1) is 6.54 Å². The van der Waals surface area contributed by atoms with E-state index >= 15 is 0 Å². The molecule has 1 saturated heterocycles. The zero-order chi connectivity index (χ0) is 23.7. The second-order valence-electron chi connectivity index (χ2n) is 7.44. The maximum atomic E-state index is 13.4. The van der Waals surface area contributed by atoms with Gasteiger partial charge >= 0.3 is 5.97 Å². The Bertz CT molecular complexity index is 1150. The number of carboxylic acids is 1. The molecule has 2 aliphatic rings. The van der Waals surface area contributed by atoms with Gasteiger partial charge in [-0.05, 0) is 23.3 Å². The van der Waals surface area contributed by atoms with Crippen molar-refractivity contribution >= 4 is 41.0 Å². The molecular weight excluding hydrogens is 473 g/mol. The summed E-state index contributed by atoms with van der Waals surface area (Å²) in [7, 11) is 0. The van der Waals surface area contributed by atoms with Gasteiger partial charge in [0.15, 0.2) is 18.0 Å². The molecule has 33 heavy (non-hydrogen) atoms. The molecule has 2 atom stereocenters. The predicted octanol–water partition coefficient (Wildman–Crippen LogP) is 2.49. The molecule has 2 aliphatic heterocycles. The fourth-order valence-electron chi connectivity index (χ4n) is 3.56. The standard InChI is InChI=1S/C22H19Cl2N3O6/c23-14-7-3-1-5-12(14)10-26-19(31)17(18(30)25-9-16(28)29)20(32)27(22-21(26)33-22)11-13-6-2-4-8-15(13)24/h1-8,21-22,31H,9-11H2,(H,25,30)(H,28,29). The normalized spacial score (nSPS) is 19.8. The summed E-state index contributed by atoms with van der Waals surface area (Å²) in [6.07, 6.45) is -1.50. The Balaban J connectivity index is 1.71. The number of nitrogens with zero attached hydrogens (tertiary/aromatic N) is 2. The third kappa shape index (κ3) is 4.75. The first-order chi connectivity index (χ1) is 15.8. The highest BCUT2D eigenvalue weighted by Crippen LogP contribution is 2.39. The van der Waals surface area contributed by atoms with Gasteiger partial charge in [-0.1, -0.05) is 59.6 Å². The summed E-state index contributed by atoms with van der Waals surface area (Å²) >= 11 is 12.5. The molecule has 1 fully saturated rings. The van der Waals surface area contributed by atoms with Crippen molar-refractivity contribution in [3.8, 4) is 0 Å². The summed E-state index contributed by atoms with van der Waals surface area (Å²) in [5, 5.41) is 22.9. The summed E-state index contributed by atoms with van der Waals surface area (Å²) in [5.41, 5.74) is 0.662. The summed E-state index contributed by atoms with van der Waals surface area (Å²) in [5.74, 6) is -3.76. The number of aliphatic hydroxyl groups is 1. The Morgan fingerprint density at radius 3 is 2.00 bits per heavy atom. The minimum Gasteiger partial charge on any atom is -0.494 e. The number of aliphatic hydroxyl groups excluding tert-OH is 1. The van der Waals surface area contributed by atoms with E-state index in [9.17, 15) is 19.5 Å². The van der Waals surface area contributed by atoms with Gasteiger partial charge in [-0.25, -0.2) is 0 Å². The number of carboxylic acid groups (broad SMARTS) is 1. The zero-order valence-corrected chi connectivity index (χ0v) is 18.6. The van der Waals surface area contributed by atoms with Crippen molar-refractivity contribution in [2.75, 3.05) is 6.54 Å². The highest BCUT2D eigenvalue weighted by Gasteiger charge is 2.55. The number of aliphatic carboxylic acids is 1. The average Bonchev–Trinajstić information content (AvgIpc) is 3.56. The van der Waals surface area contributed by atoms with Crippen LogP contribution in [0.25, 0.3) is 0 Å². The first-order valence-electron chi connectivity index (χ1n) is 9.91. The molecule has 2 aromatic carbocycles. The summed E-state index contributed by atoms with van der Waals surface area (Å²) in [4.78, 5) is 39.7. The number of hydrogen-bond acceptors (Lipinski definition) is 6. The number of halogens is 2. The van der Waals surface area contributed by atoms with Gasteiger partial charge in [-0.3, -0.25) is 14.4 Å². The van der Waals surface area contributed by atoms with E-state index in [1.807, 2.05) is 0 Å². The van der Waals surface area contributed by atoms with Crippen LogP contribution in [0.3, 0.4) is 0 Å². The minimum absolute atomic E-state index is 0.0165. The van der Waals surface area contributed by atoms with Crippen molar-refractivity contribution in [2.45, 2.75) is 25.5 Å². The molecule has 2 unspecified atom stereocenters. The number of benzene rings is 2. The second-order valence-corrected chi connectivity index (χ2v) is 8.25. The van der Waals surface area contributed by atoms with E-state index in [1.165, 1.54) is 9.80 Å². The number of fused-ring (bicyclic) bond motifs is 1. The highest BCUT2D eigenvalue weighted by atomic mass is 35.5. The zero-order valence-electron chi connectivity index (χ0n) is 17.1. The summed E-state index contributed by atoms with van der Waals surface area (Å²) in [6.45, 7) is -0.653. The first-order valence-corrected chi connectivity index (χ1v) is 10.7. The van der Waals surface area contributed by atoms with Crippen molar-refractivity contribution in [1.29, 1.82) is 0 Å². The van der Waals surface area contributed by atoms with Crippen LogP contribution in [0, 0.1) is 0 Å². The smallest absolute Gasteiger partial charge is 0.322 e. The van der Waals surface area contributed by atoms with Crippen molar-refractivity contribution in [3.63, 3.8) is 0 Å². The van der Waals surface area contributed by atoms with Crippen LogP contribution in [0.4, 0.5) is 0 Å². The van der Waals surface area contributed by atoms with Crippen LogP contribution >= 0.6 is 23.2 Å². The number of carbonyl (C=O) groups excluding carboxylic acids is 2. The molecule has 9 nitrogen and oxygen atoms in total. The van der Waals surface area contributed by atoms with E-state index in [1.54, 1.807) is 48.5 Å². The second kappa shape index (κ2) is 9.30. The van der Waals surface area contributed by atoms with E-state index in [4.69, 9.17) is 33.0 Å². The molecule has 4 rings (SSSR count). The van der Waals surface area contributed by atoms with Crippen molar-refractivity contribution in [3.05, 3.63) is 81.2 Å². The van der Waals surface area contributed by atoms with Gasteiger partial charge in [0.25, 0.3) is 11.8 Å². The topological polar surface area (TPSA) is 123 Å². The van der Waals surface area contributed by atoms with Gasteiger partial charge in [0.1, 0.15) is 6.54 Å². The molecule has 0 spiro atoms. The Kier molecular flexibility index (Phi) is 6.46. The fraction of sp³-hybridized carbons (Fsp3) is 0.227. The number of hydrogen-bond donors (Lipinski definition) is 3. The van der Waals surface area contributed by atoms with Crippen LogP contribution in [0.5, 0.6) is 0 Å². The molecular formula is C22H19Cl2N3O6. The summed E-state index contributed by atoms with van der Waals surface area (Å²) < 4.78 is 5.70. The number of nitrogens with one attached hydrogen (secondary N) is 1. The lowest BCUT2D eigenvalue weighted by Crippen LogP contribution is -2.40. The van der Waals surface area contributed by atoms with Crippen LogP contribution in [-0.4, -0.2) is 56.8 Å². The van der Waals surface area contributed by atoms with E-state index in [0.29, 0.717) is 21.2 Å². The van der Waals surface area contributed by atoms with Crippen LogP contribution in [0.2, 0.25) is 10.0 Å². The number of epoxide rings is 1. The molecule has 2 amide bonds. The molecule has 2 aromatic rings. The van der Waals surface area contributed by atoms with Crippen LogP contribution in [0.1, 0.15) is 11.1 Å². The van der Waals surface area contributed by atoms with Gasteiger partial charge in [-0.15, -0.1) is 0 Å². The van der Waals surface area contributed by atoms with E-state index in [-0.39, 0.29) is 13.1 Å². The first kappa shape index (κ1) is 22.9. The molecule has 0 radical (unpaired) electrons. The molecule has 172 valence electrons. The third-order valence-electron chi connectivity index (χ3n) is 5.26. The lowest BCUT2D eigenvalue weighted by atomic mass is 10.1. The minimum atomic E-state index is -1.29. The Labute approximate surface area is 198 Å². The van der Waals surface area contributed by atoms with Crippen LogP contribution < -0.4 is 5.32 Å². The SMILES string of the molecule is O=C(O)CNC(=O)C1=C(O)N(Cc2ccccc2Cl)C2OC2N(Cc2ccccc2Cl)C1=O. The number of rotatable bonds is 7. The highest BCUT2D eigenvalue weighted by molar-refractivity contribution is 6.31.